The Morgan fingerprint density at radius 2 is 1.71 bits per heavy atom. The first-order chi connectivity index (χ1) is 16.5. The van der Waals surface area contributed by atoms with Crippen molar-refractivity contribution in [3.8, 4) is 16.9 Å². The molecule has 0 bridgehead atoms. The highest BCUT2D eigenvalue weighted by Crippen LogP contribution is 2.35. The molecule has 184 valence electrons. The van der Waals surface area contributed by atoms with Crippen molar-refractivity contribution in [3.05, 3.63) is 83.4 Å². The summed E-state index contributed by atoms with van der Waals surface area (Å²) in [4.78, 5) is 16.8. The van der Waals surface area contributed by atoms with E-state index in [0.717, 1.165) is 40.8 Å². The van der Waals surface area contributed by atoms with Crippen LogP contribution >= 0.6 is 0 Å². The van der Waals surface area contributed by atoms with Crippen molar-refractivity contribution in [2.75, 3.05) is 0 Å². The molecule has 1 N–H and O–H groups in total. The quantitative estimate of drug-likeness (QED) is 0.299. The average molecular weight is 475 g/mol. The van der Waals surface area contributed by atoms with E-state index >= 15 is 0 Å². The van der Waals surface area contributed by atoms with Crippen LogP contribution in [0.15, 0.2) is 60.8 Å². The molecule has 0 atom stereocenters. The summed E-state index contributed by atoms with van der Waals surface area (Å²) in [5.74, 6) is 0.850. The molecule has 0 spiro atoms. The number of hydrogen-bond donors (Lipinski definition) is 1. The van der Waals surface area contributed by atoms with Crippen LogP contribution in [0.3, 0.4) is 0 Å². The number of carbonyl (C=O) groups excluding carboxylic acids is 1. The largest absolute Gasteiger partial charge is 0.489 e. The summed E-state index contributed by atoms with van der Waals surface area (Å²) in [6, 6.07) is 17.2. The van der Waals surface area contributed by atoms with Gasteiger partial charge in [0.05, 0.1) is 0 Å². The van der Waals surface area contributed by atoms with E-state index in [9.17, 15) is 9.18 Å². The van der Waals surface area contributed by atoms with Gasteiger partial charge in [0.15, 0.2) is 5.78 Å². The molecule has 2 heterocycles. The predicted molar refractivity (Wildman–Crippen MR) is 138 cm³/mol. The summed E-state index contributed by atoms with van der Waals surface area (Å²) in [6.07, 6.45) is 4.11. The maximum absolute atomic E-state index is 13.5. The molecular formula is C30H35FN2O2. The van der Waals surface area contributed by atoms with Gasteiger partial charge in [-0.1, -0.05) is 36.4 Å². The van der Waals surface area contributed by atoms with Crippen molar-refractivity contribution >= 4 is 5.78 Å². The number of piperidine rings is 1. The Labute approximate surface area is 207 Å². The number of Topliss-reactive ketones (excluding diaryl/α,β-unsaturated/α-hetero) is 1. The van der Waals surface area contributed by atoms with Gasteiger partial charge in [0.25, 0.3) is 0 Å². The zero-order chi connectivity index (χ0) is 25.2. The highest BCUT2D eigenvalue weighted by Gasteiger charge is 2.38. The molecule has 35 heavy (non-hydrogen) atoms. The minimum atomic E-state index is -0.452. The van der Waals surface area contributed by atoms with Crippen LogP contribution in [0, 0.1) is 18.8 Å². The molecule has 4 nitrogen and oxygen atoms in total. The highest BCUT2D eigenvalue weighted by atomic mass is 19.1. The Kier molecular flexibility index (Phi) is 7.09. The van der Waals surface area contributed by atoms with Crippen LogP contribution in [-0.2, 0) is 6.61 Å². The fourth-order valence-electron chi connectivity index (χ4n) is 5.49. The third-order valence-corrected chi connectivity index (χ3v) is 6.61. The maximum atomic E-state index is 13.5. The fraction of sp³-hybridized carbons (Fsp3) is 0.400. The Hall–Kier alpha value is -3.05. The average Bonchev–Trinajstić information content (AvgIpc) is 2.78. The number of benzene rings is 2. The molecule has 1 aromatic heterocycles. The monoisotopic (exact) mass is 474 g/mol. The molecule has 0 aliphatic carbocycles. The van der Waals surface area contributed by atoms with Crippen LogP contribution in [-0.4, -0.2) is 21.8 Å². The number of nitrogens with zero attached hydrogens (tertiary/aromatic N) is 1. The van der Waals surface area contributed by atoms with Crippen molar-refractivity contribution in [3.63, 3.8) is 0 Å². The molecule has 3 aromatic rings. The van der Waals surface area contributed by atoms with Crippen molar-refractivity contribution in [2.45, 2.75) is 71.6 Å². The van der Waals surface area contributed by atoms with Crippen molar-refractivity contribution < 1.29 is 13.9 Å². The molecule has 0 radical (unpaired) electrons. The van der Waals surface area contributed by atoms with Crippen molar-refractivity contribution in [2.24, 2.45) is 5.92 Å². The minimum absolute atomic E-state index is 0.0389. The molecule has 2 aromatic carbocycles. The van der Waals surface area contributed by atoms with Crippen LogP contribution in [0.5, 0.6) is 5.75 Å². The van der Waals surface area contributed by atoms with Crippen molar-refractivity contribution in [1.29, 1.82) is 0 Å². The van der Waals surface area contributed by atoms with Gasteiger partial charge < -0.3 is 10.1 Å². The van der Waals surface area contributed by atoms with Gasteiger partial charge in [-0.15, -0.1) is 0 Å². The first-order valence-electron chi connectivity index (χ1n) is 12.3. The number of rotatable bonds is 7. The Balaban J connectivity index is 1.36. The lowest BCUT2D eigenvalue weighted by atomic mass is 9.74. The minimum Gasteiger partial charge on any atom is -0.489 e. The lowest BCUT2D eigenvalue weighted by Crippen LogP contribution is -2.57. The van der Waals surface area contributed by atoms with Gasteiger partial charge in [0.1, 0.15) is 12.4 Å². The number of hydrogen-bond acceptors (Lipinski definition) is 4. The Morgan fingerprint density at radius 3 is 2.37 bits per heavy atom. The normalized spacial score (nSPS) is 17.2. The number of ketones is 1. The molecule has 5 heteroatoms. The lowest BCUT2D eigenvalue weighted by Gasteiger charge is -2.46. The summed E-state index contributed by atoms with van der Waals surface area (Å²) < 4.78 is 19.5. The van der Waals surface area contributed by atoms with Crippen LogP contribution in [0.2, 0.25) is 0 Å². The molecule has 1 aliphatic rings. The lowest BCUT2D eigenvalue weighted by molar-refractivity contribution is 0.0864. The molecule has 0 amide bonds. The summed E-state index contributed by atoms with van der Waals surface area (Å²) in [5.41, 5.74) is 4.10. The summed E-state index contributed by atoms with van der Waals surface area (Å²) in [6.45, 7) is 11.0. The van der Waals surface area contributed by atoms with Gasteiger partial charge in [-0.3, -0.25) is 4.79 Å². The van der Waals surface area contributed by atoms with E-state index in [2.05, 4.69) is 38.0 Å². The van der Waals surface area contributed by atoms with E-state index in [0.29, 0.717) is 24.5 Å². The standard InChI is InChI=1S/C30H35FN2O2/c1-20-13-25(18-32-28(20)31)24-7-6-8-26(15-24)35-19-21-9-11-23(12-10-21)27(34)14-22-16-29(2,3)33-30(4,5)17-22/h6-13,15,18,22,33H,14,16-17,19H2,1-5H3. The first-order valence-corrected chi connectivity index (χ1v) is 12.3. The molecule has 4 rings (SSSR count). The van der Waals surface area contributed by atoms with Gasteiger partial charge in [-0.05, 0) is 82.7 Å². The Bertz CT molecular complexity index is 1190. The van der Waals surface area contributed by atoms with Crippen LogP contribution in [0.1, 0.15) is 68.4 Å². The summed E-state index contributed by atoms with van der Waals surface area (Å²) in [5, 5.41) is 3.68. The zero-order valence-electron chi connectivity index (χ0n) is 21.3. The van der Waals surface area contributed by atoms with E-state index in [1.807, 2.05) is 48.5 Å². The summed E-state index contributed by atoms with van der Waals surface area (Å²) >= 11 is 0. The number of aromatic nitrogens is 1. The second-order valence-corrected chi connectivity index (χ2v) is 11.1. The Morgan fingerprint density at radius 1 is 1.03 bits per heavy atom. The zero-order valence-corrected chi connectivity index (χ0v) is 21.3. The number of pyridine rings is 1. The third-order valence-electron chi connectivity index (χ3n) is 6.61. The molecule has 0 saturated carbocycles. The van der Waals surface area contributed by atoms with E-state index in [-0.39, 0.29) is 16.9 Å². The van der Waals surface area contributed by atoms with Crippen LogP contribution in [0.4, 0.5) is 4.39 Å². The molecule has 1 fully saturated rings. The molecule has 0 unspecified atom stereocenters. The van der Waals surface area contributed by atoms with E-state index in [1.165, 1.54) is 6.20 Å². The van der Waals surface area contributed by atoms with Gasteiger partial charge in [-0.2, -0.15) is 4.39 Å². The van der Waals surface area contributed by atoms with Gasteiger partial charge >= 0.3 is 0 Å². The smallest absolute Gasteiger partial charge is 0.215 e. The third kappa shape index (κ3) is 6.55. The van der Waals surface area contributed by atoms with Crippen LogP contribution in [0.25, 0.3) is 11.1 Å². The van der Waals surface area contributed by atoms with Gasteiger partial charge in [0.2, 0.25) is 5.95 Å². The van der Waals surface area contributed by atoms with Gasteiger partial charge in [-0.25, -0.2) is 4.98 Å². The number of nitrogens with one attached hydrogen (secondary N) is 1. The number of aryl methyl sites for hydroxylation is 1. The summed E-state index contributed by atoms with van der Waals surface area (Å²) in [7, 11) is 0. The highest BCUT2D eigenvalue weighted by molar-refractivity contribution is 5.96. The SMILES string of the molecule is Cc1cc(-c2cccc(OCc3ccc(C(=O)CC4CC(C)(C)NC(C)(C)C4)cc3)c2)cnc1F. The molecule has 1 aliphatic heterocycles. The topological polar surface area (TPSA) is 51.2 Å². The van der Waals surface area contributed by atoms with E-state index in [4.69, 9.17) is 4.74 Å². The van der Waals surface area contributed by atoms with Crippen molar-refractivity contribution in [1.82, 2.24) is 10.3 Å². The maximum Gasteiger partial charge on any atom is 0.215 e. The number of carbonyl (C=O) groups is 1. The van der Waals surface area contributed by atoms with Crippen LogP contribution < -0.4 is 10.1 Å². The predicted octanol–water partition coefficient (Wildman–Crippen LogP) is 6.90. The van der Waals surface area contributed by atoms with Gasteiger partial charge in [0, 0.05) is 40.4 Å². The first kappa shape index (κ1) is 25.1. The number of ether oxygens (including phenoxy) is 1. The second-order valence-electron chi connectivity index (χ2n) is 11.1. The molecule has 1 saturated heterocycles. The number of halogens is 1. The van der Waals surface area contributed by atoms with E-state index < -0.39 is 5.95 Å². The van der Waals surface area contributed by atoms with E-state index in [1.54, 1.807) is 13.0 Å². The second kappa shape index (κ2) is 9.90. The fourth-order valence-corrected chi connectivity index (χ4v) is 5.49. The molecular weight excluding hydrogens is 439 g/mol.